The van der Waals surface area contributed by atoms with Gasteiger partial charge in [0.05, 0.1) is 0 Å². The first kappa shape index (κ1) is 16.7. The Bertz CT molecular complexity index is 683. The summed E-state index contributed by atoms with van der Waals surface area (Å²) in [4.78, 5) is 15.0. The normalized spacial score (nSPS) is 20.3. The van der Waals surface area contributed by atoms with Crippen molar-refractivity contribution in [2.45, 2.75) is 32.2 Å². The molecule has 1 heterocycles. The lowest BCUT2D eigenvalue weighted by molar-refractivity contribution is 0.0742. The van der Waals surface area contributed by atoms with E-state index >= 15 is 0 Å². The van der Waals surface area contributed by atoms with Gasteiger partial charge in [-0.05, 0) is 55.8 Å². The molecule has 2 aromatic carbocycles. The Morgan fingerprint density at radius 2 is 1.79 bits per heavy atom. The fourth-order valence-electron chi connectivity index (χ4n) is 3.62. The van der Waals surface area contributed by atoms with Crippen LogP contribution in [-0.2, 0) is 12.8 Å². The first-order chi connectivity index (χ1) is 11.7. The summed E-state index contributed by atoms with van der Waals surface area (Å²) in [6.07, 6.45) is 2.84. The minimum absolute atomic E-state index is 0.155. The lowest BCUT2D eigenvalue weighted by Gasteiger charge is -2.23. The summed E-state index contributed by atoms with van der Waals surface area (Å²) in [7, 11) is 0. The van der Waals surface area contributed by atoms with Crippen molar-refractivity contribution >= 4 is 5.91 Å². The van der Waals surface area contributed by atoms with Gasteiger partial charge in [0.2, 0.25) is 0 Å². The smallest absolute Gasteiger partial charge is 0.254 e. The highest BCUT2D eigenvalue weighted by Gasteiger charge is 2.32. The van der Waals surface area contributed by atoms with E-state index in [1.165, 1.54) is 5.56 Å². The topological polar surface area (TPSA) is 46.3 Å². The van der Waals surface area contributed by atoms with Gasteiger partial charge in [0, 0.05) is 18.2 Å². The fraction of sp³-hybridized carbons (Fsp3) is 0.381. The molecule has 0 saturated carbocycles. The number of nitrogens with two attached hydrogens (primary N) is 1. The van der Waals surface area contributed by atoms with Gasteiger partial charge in [-0.2, -0.15) is 0 Å². The van der Waals surface area contributed by atoms with Gasteiger partial charge in [-0.1, -0.05) is 48.5 Å². The number of hydrogen-bond acceptors (Lipinski definition) is 2. The van der Waals surface area contributed by atoms with E-state index in [-0.39, 0.29) is 11.9 Å². The number of likely N-dealkylation sites (tertiary alicyclic amines) is 1. The highest BCUT2D eigenvalue weighted by atomic mass is 16.2. The van der Waals surface area contributed by atoms with Crippen LogP contribution in [0.2, 0.25) is 0 Å². The molecule has 2 N–H and O–H groups in total. The molecule has 0 aliphatic carbocycles. The third-order valence-electron chi connectivity index (χ3n) is 5.03. The van der Waals surface area contributed by atoms with E-state index < -0.39 is 0 Å². The molecule has 1 saturated heterocycles. The van der Waals surface area contributed by atoms with E-state index in [9.17, 15) is 4.79 Å². The van der Waals surface area contributed by atoms with Crippen LogP contribution in [0.15, 0.2) is 54.6 Å². The van der Waals surface area contributed by atoms with Gasteiger partial charge in [-0.15, -0.1) is 0 Å². The van der Waals surface area contributed by atoms with Crippen molar-refractivity contribution in [3.8, 4) is 0 Å². The summed E-state index contributed by atoms with van der Waals surface area (Å²) < 4.78 is 0. The van der Waals surface area contributed by atoms with Crippen molar-refractivity contribution in [1.29, 1.82) is 0 Å². The molecule has 2 aromatic rings. The first-order valence-electron chi connectivity index (χ1n) is 8.82. The van der Waals surface area contributed by atoms with Crippen LogP contribution in [0.1, 0.15) is 34.8 Å². The SMILES string of the molecule is CC1CC(CN)CN1C(=O)c1ccccc1CCc1ccccc1. The summed E-state index contributed by atoms with van der Waals surface area (Å²) in [5.41, 5.74) is 9.08. The second kappa shape index (κ2) is 7.63. The fourth-order valence-corrected chi connectivity index (χ4v) is 3.62. The maximum absolute atomic E-state index is 13.0. The Balaban J connectivity index is 1.75. The van der Waals surface area contributed by atoms with Gasteiger partial charge in [-0.25, -0.2) is 0 Å². The third kappa shape index (κ3) is 3.68. The number of amides is 1. The molecule has 0 radical (unpaired) electrons. The zero-order valence-corrected chi connectivity index (χ0v) is 14.3. The second-order valence-corrected chi connectivity index (χ2v) is 6.79. The molecular formula is C21H26N2O. The molecule has 3 heteroatoms. The minimum atomic E-state index is 0.155. The van der Waals surface area contributed by atoms with Gasteiger partial charge in [0.1, 0.15) is 0 Å². The largest absolute Gasteiger partial charge is 0.336 e. The molecule has 0 spiro atoms. The molecule has 1 amide bonds. The Labute approximate surface area is 144 Å². The van der Waals surface area contributed by atoms with Gasteiger partial charge >= 0.3 is 0 Å². The number of aryl methyl sites for hydroxylation is 2. The van der Waals surface area contributed by atoms with Crippen LogP contribution < -0.4 is 5.73 Å². The number of rotatable bonds is 5. The minimum Gasteiger partial charge on any atom is -0.336 e. The molecule has 24 heavy (non-hydrogen) atoms. The molecule has 1 aliphatic heterocycles. The number of carbonyl (C=O) groups excluding carboxylic acids is 1. The molecule has 2 atom stereocenters. The number of nitrogens with zero attached hydrogens (tertiary/aromatic N) is 1. The number of benzene rings is 2. The third-order valence-corrected chi connectivity index (χ3v) is 5.03. The highest BCUT2D eigenvalue weighted by Crippen LogP contribution is 2.25. The summed E-state index contributed by atoms with van der Waals surface area (Å²) >= 11 is 0. The van der Waals surface area contributed by atoms with E-state index in [0.29, 0.717) is 12.5 Å². The van der Waals surface area contributed by atoms with Crippen LogP contribution in [0.5, 0.6) is 0 Å². The summed E-state index contributed by atoms with van der Waals surface area (Å²) in [6, 6.07) is 18.7. The van der Waals surface area contributed by atoms with E-state index in [2.05, 4.69) is 37.3 Å². The Kier molecular flexibility index (Phi) is 5.31. The van der Waals surface area contributed by atoms with Gasteiger partial charge < -0.3 is 10.6 Å². The molecular weight excluding hydrogens is 296 g/mol. The van der Waals surface area contributed by atoms with E-state index in [4.69, 9.17) is 5.73 Å². The summed E-state index contributed by atoms with van der Waals surface area (Å²) in [6.45, 7) is 3.56. The molecule has 3 nitrogen and oxygen atoms in total. The van der Waals surface area contributed by atoms with Gasteiger partial charge in [0.15, 0.2) is 0 Å². The molecule has 0 bridgehead atoms. The van der Waals surface area contributed by atoms with Crippen molar-refractivity contribution in [1.82, 2.24) is 4.90 Å². The van der Waals surface area contributed by atoms with Crippen LogP contribution in [-0.4, -0.2) is 29.9 Å². The molecule has 2 unspecified atom stereocenters. The zero-order valence-electron chi connectivity index (χ0n) is 14.3. The van der Waals surface area contributed by atoms with E-state index in [1.54, 1.807) is 0 Å². The zero-order chi connectivity index (χ0) is 16.9. The molecule has 1 fully saturated rings. The standard InChI is InChI=1S/C21H26N2O/c1-16-13-18(14-22)15-23(16)21(24)20-10-6-5-9-19(20)12-11-17-7-3-2-4-8-17/h2-10,16,18H,11-15,22H2,1H3. The lowest BCUT2D eigenvalue weighted by Crippen LogP contribution is -2.35. The van der Waals surface area contributed by atoms with Crippen LogP contribution in [0.3, 0.4) is 0 Å². The van der Waals surface area contributed by atoms with Crippen LogP contribution in [0.25, 0.3) is 0 Å². The van der Waals surface area contributed by atoms with E-state index in [0.717, 1.165) is 36.9 Å². The monoisotopic (exact) mass is 322 g/mol. The Morgan fingerprint density at radius 3 is 2.50 bits per heavy atom. The average Bonchev–Trinajstić information content (AvgIpc) is 3.01. The predicted octanol–water partition coefficient (Wildman–Crippen LogP) is 3.28. The van der Waals surface area contributed by atoms with Crippen LogP contribution in [0.4, 0.5) is 0 Å². The Hall–Kier alpha value is -2.13. The molecule has 3 rings (SSSR count). The quantitative estimate of drug-likeness (QED) is 0.918. The second-order valence-electron chi connectivity index (χ2n) is 6.79. The maximum Gasteiger partial charge on any atom is 0.254 e. The number of hydrogen-bond donors (Lipinski definition) is 1. The van der Waals surface area contributed by atoms with Gasteiger partial charge in [0.25, 0.3) is 5.91 Å². The molecule has 0 aromatic heterocycles. The maximum atomic E-state index is 13.0. The van der Waals surface area contributed by atoms with Crippen molar-refractivity contribution in [2.75, 3.05) is 13.1 Å². The van der Waals surface area contributed by atoms with Crippen molar-refractivity contribution < 1.29 is 4.79 Å². The lowest BCUT2D eigenvalue weighted by atomic mass is 9.99. The van der Waals surface area contributed by atoms with Crippen molar-refractivity contribution in [3.63, 3.8) is 0 Å². The first-order valence-corrected chi connectivity index (χ1v) is 8.82. The van der Waals surface area contributed by atoms with Crippen molar-refractivity contribution in [2.24, 2.45) is 11.7 Å². The average molecular weight is 322 g/mol. The molecule has 1 aliphatic rings. The summed E-state index contributed by atoms with van der Waals surface area (Å²) in [5.74, 6) is 0.586. The van der Waals surface area contributed by atoms with Crippen LogP contribution >= 0.6 is 0 Å². The number of carbonyl (C=O) groups is 1. The highest BCUT2D eigenvalue weighted by molar-refractivity contribution is 5.96. The van der Waals surface area contributed by atoms with Crippen LogP contribution in [0, 0.1) is 5.92 Å². The Morgan fingerprint density at radius 1 is 1.08 bits per heavy atom. The molecule has 126 valence electrons. The van der Waals surface area contributed by atoms with Crippen molar-refractivity contribution in [3.05, 3.63) is 71.3 Å². The predicted molar refractivity (Wildman–Crippen MR) is 98.0 cm³/mol. The summed E-state index contributed by atoms with van der Waals surface area (Å²) in [5, 5.41) is 0. The van der Waals surface area contributed by atoms with Gasteiger partial charge in [-0.3, -0.25) is 4.79 Å². The van der Waals surface area contributed by atoms with E-state index in [1.807, 2.05) is 29.2 Å².